The van der Waals surface area contributed by atoms with Gasteiger partial charge in [-0.2, -0.15) is 0 Å². The molecule has 1 aromatic rings. The van der Waals surface area contributed by atoms with Crippen LogP contribution in [-0.2, 0) is 6.42 Å². The van der Waals surface area contributed by atoms with Crippen LogP contribution >= 0.6 is 0 Å². The molecule has 0 aliphatic carbocycles. The highest BCUT2D eigenvalue weighted by molar-refractivity contribution is 5.42. The summed E-state index contributed by atoms with van der Waals surface area (Å²) in [6.45, 7) is 14.6. The summed E-state index contributed by atoms with van der Waals surface area (Å²) in [5, 5.41) is 3.71. The maximum Gasteiger partial charge on any atom is 0.123 e. The minimum atomic E-state index is -0.0582. The molecule has 21 heavy (non-hydrogen) atoms. The summed E-state index contributed by atoms with van der Waals surface area (Å²) in [5.74, 6) is 1.06. The van der Waals surface area contributed by atoms with Crippen LogP contribution in [0.15, 0.2) is 18.2 Å². The Balaban J connectivity index is 2.21. The standard InChI is InChI=1S/C19H31NO/c1-7-10-20-16(13-18(2,3)4)14-8-9-17-15(11-14)12-19(5,6)21-17/h8-9,11,16,20H,7,10,12-13H2,1-6H3. The first-order chi connectivity index (χ1) is 9.70. The molecule has 0 bridgehead atoms. The van der Waals surface area contributed by atoms with Gasteiger partial charge in [-0.05, 0) is 55.8 Å². The lowest BCUT2D eigenvalue weighted by molar-refractivity contribution is 0.138. The van der Waals surface area contributed by atoms with Gasteiger partial charge in [-0.15, -0.1) is 0 Å². The normalized spacial score (nSPS) is 18.2. The third kappa shape index (κ3) is 4.47. The lowest BCUT2D eigenvalue weighted by Crippen LogP contribution is -2.26. The Hall–Kier alpha value is -1.02. The van der Waals surface area contributed by atoms with E-state index in [1.54, 1.807) is 0 Å². The van der Waals surface area contributed by atoms with E-state index in [0.29, 0.717) is 11.5 Å². The summed E-state index contributed by atoms with van der Waals surface area (Å²) in [7, 11) is 0. The Kier molecular flexibility index (Phi) is 4.67. The first-order valence-corrected chi connectivity index (χ1v) is 8.25. The highest BCUT2D eigenvalue weighted by atomic mass is 16.5. The van der Waals surface area contributed by atoms with E-state index in [-0.39, 0.29) is 5.60 Å². The van der Waals surface area contributed by atoms with Crippen molar-refractivity contribution in [2.24, 2.45) is 5.41 Å². The van der Waals surface area contributed by atoms with E-state index in [2.05, 4.69) is 65.1 Å². The van der Waals surface area contributed by atoms with Crippen LogP contribution in [0.4, 0.5) is 0 Å². The minimum absolute atomic E-state index is 0.0582. The average Bonchev–Trinajstić information content (AvgIpc) is 2.65. The molecule has 1 aromatic carbocycles. The molecular weight excluding hydrogens is 258 g/mol. The van der Waals surface area contributed by atoms with Crippen molar-refractivity contribution in [1.82, 2.24) is 5.32 Å². The van der Waals surface area contributed by atoms with E-state index < -0.39 is 0 Å². The van der Waals surface area contributed by atoms with Gasteiger partial charge in [0.2, 0.25) is 0 Å². The quantitative estimate of drug-likeness (QED) is 0.834. The molecule has 0 aromatic heterocycles. The van der Waals surface area contributed by atoms with Crippen molar-refractivity contribution >= 4 is 0 Å². The lowest BCUT2D eigenvalue weighted by Gasteiger charge is -2.27. The van der Waals surface area contributed by atoms with E-state index in [1.165, 1.54) is 17.5 Å². The number of fused-ring (bicyclic) bond motifs is 1. The molecule has 0 saturated heterocycles. The van der Waals surface area contributed by atoms with Crippen molar-refractivity contribution < 1.29 is 4.74 Å². The van der Waals surface area contributed by atoms with Crippen LogP contribution in [0, 0.1) is 5.41 Å². The molecule has 118 valence electrons. The average molecular weight is 289 g/mol. The zero-order chi connectivity index (χ0) is 15.7. The molecule has 0 radical (unpaired) electrons. The van der Waals surface area contributed by atoms with E-state index >= 15 is 0 Å². The second-order valence-corrected chi connectivity index (χ2v) is 8.18. The molecule has 2 heteroatoms. The zero-order valence-corrected chi connectivity index (χ0v) is 14.5. The molecule has 1 aliphatic rings. The molecule has 0 spiro atoms. The van der Waals surface area contributed by atoms with Crippen LogP contribution < -0.4 is 10.1 Å². The third-order valence-electron chi connectivity index (χ3n) is 3.95. The molecule has 1 atom stereocenters. The van der Waals surface area contributed by atoms with Crippen LogP contribution in [0.2, 0.25) is 0 Å². The van der Waals surface area contributed by atoms with E-state index in [9.17, 15) is 0 Å². The van der Waals surface area contributed by atoms with Crippen LogP contribution in [0.5, 0.6) is 5.75 Å². The molecule has 0 amide bonds. The predicted octanol–water partition coefficient (Wildman–Crippen LogP) is 4.88. The highest BCUT2D eigenvalue weighted by Gasteiger charge is 2.30. The molecule has 2 nitrogen and oxygen atoms in total. The number of nitrogens with one attached hydrogen (secondary N) is 1. The monoisotopic (exact) mass is 289 g/mol. The number of hydrogen-bond acceptors (Lipinski definition) is 2. The summed E-state index contributed by atoms with van der Waals surface area (Å²) >= 11 is 0. The molecule has 1 heterocycles. The second-order valence-electron chi connectivity index (χ2n) is 8.18. The van der Waals surface area contributed by atoms with Crippen LogP contribution in [0.25, 0.3) is 0 Å². The number of hydrogen-bond donors (Lipinski definition) is 1. The topological polar surface area (TPSA) is 21.3 Å². The van der Waals surface area contributed by atoms with Gasteiger partial charge < -0.3 is 10.1 Å². The highest BCUT2D eigenvalue weighted by Crippen LogP contribution is 2.38. The van der Waals surface area contributed by atoms with Crippen molar-refractivity contribution in [2.75, 3.05) is 6.54 Å². The summed E-state index contributed by atoms with van der Waals surface area (Å²) in [4.78, 5) is 0. The molecule has 2 rings (SSSR count). The molecule has 0 saturated carbocycles. The fourth-order valence-corrected chi connectivity index (χ4v) is 3.09. The number of rotatable bonds is 5. The van der Waals surface area contributed by atoms with Crippen molar-refractivity contribution in [2.45, 2.75) is 72.4 Å². The van der Waals surface area contributed by atoms with Gasteiger partial charge in [0.25, 0.3) is 0 Å². The van der Waals surface area contributed by atoms with Crippen molar-refractivity contribution in [1.29, 1.82) is 0 Å². The van der Waals surface area contributed by atoms with Gasteiger partial charge in [0, 0.05) is 12.5 Å². The van der Waals surface area contributed by atoms with Crippen LogP contribution in [-0.4, -0.2) is 12.1 Å². The Bertz CT molecular complexity index is 485. The molecular formula is C19H31NO. The smallest absolute Gasteiger partial charge is 0.123 e. The van der Waals surface area contributed by atoms with Gasteiger partial charge in [0.15, 0.2) is 0 Å². The van der Waals surface area contributed by atoms with Crippen LogP contribution in [0.1, 0.15) is 71.6 Å². The largest absolute Gasteiger partial charge is 0.487 e. The molecule has 1 N–H and O–H groups in total. The molecule has 0 fully saturated rings. The van der Waals surface area contributed by atoms with Gasteiger partial charge >= 0.3 is 0 Å². The third-order valence-corrected chi connectivity index (χ3v) is 3.95. The van der Waals surface area contributed by atoms with Crippen molar-refractivity contribution in [3.8, 4) is 5.75 Å². The fourth-order valence-electron chi connectivity index (χ4n) is 3.09. The number of benzene rings is 1. The van der Waals surface area contributed by atoms with Crippen LogP contribution in [0.3, 0.4) is 0 Å². The Morgan fingerprint density at radius 2 is 2.00 bits per heavy atom. The van der Waals surface area contributed by atoms with Gasteiger partial charge in [-0.25, -0.2) is 0 Å². The number of ether oxygens (including phenoxy) is 1. The molecule has 1 unspecified atom stereocenters. The maximum absolute atomic E-state index is 5.99. The van der Waals surface area contributed by atoms with E-state index in [1.807, 2.05) is 0 Å². The maximum atomic E-state index is 5.99. The van der Waals surface area contributed by atoms with Gasteiger partial charge in [0.05, 0.1) is 0 Å². The summed E-state index contributed by atoms with van der Waals surface area (Å²) in [5.41, 5.74) is 3.02. The first-order valence-electron chi connectivity index (χ1n) is 8.25. The van der Waals surface area contributed by atoms with Gasteiger partial charge in [-0.3, -0.25) is 0 Å². The SMILES string of the molecule is CCCNC(CC(C)(C)C)c1ccc2c(c1)CC(C)(C)O2. The van der Waals surface area contributed by atoms with E-state index in [4.69, 9.17) is 4.74 Å². The van der Waals surface area contributed by atoms with E-state index in [0.717, 1.165) is 25.1 Å². The summed E-state index contributed by atoms with van der Waals surface area (Å²) < 4.78 is 5.99. The zero-order valence-electron chi connectivity index (χ0n) is 14.5. The first kappa shape index (κ1) is 16.4. The Morgan fingerprint density at radius 1 is 1.29 bits per heavy atom. The summed E-state index contributed by atoms with van der Waals surface area (Å²) in [6, 6.07) is 7.17. The van der Waals surface area contributed by atoms with Gasteiger partial charge in [0.1, 0.15) is 11.4 Å². The van der Waals surface area contributed by atoms with Gasteiger partial charge in [-0.1, -0.05) is 39.8 Å². The Morgan fingerprint density at radius 3 is 2.62 bits per heavy atom. The lowest BCUT2D eigenvalue weighted by atomic mass is 9.84. The Labute approximate surface area is 130 Å². The second kappa shape index (κ2) is 6.00. The molecule has 1 aliphatic heterocycles. The minimum Gasteiger partial charge on any atom is -0.487 e. The van der Waals surface area contributed by atoms with Crippen molar-refractivity contribution in [3.63, 3.8) is 0 Å². The summed E-state index contributed by atoms with van der Waals surface area (Å²) in [6.07, 6.45) is 3.32. The fraction of sp³-hybridized carbons (Fsp3) is 0.684. The predicted molar refractivity (Wildman–Crippen MR) is 90.0 cm³/mol. The van der Waals surface area contributed by atoms with Crippen molar-refractivity contribution in [3.05, 3.63) is 29.3 Å².